The number of amides is 2. The third-order valence-electron chi connectivity index (χ3n) is 4.73. The number of hydrogen-bond donors (Lipinski definition) is 4. The number of aryl methyl sites for hydroxylation is 1. The highest BCUT2D eigenvalue weighted by Gasteiger charge is 2.26. The summed E-state index contributed by atoms with van der Waals surface area (Å²) >= 11 is 0. The zero-order valence-corrected chi connectivity index (χ0v) is 14.6. The van der Waals surface area contributed by atoms with Crippen LogP contribution in [0.4, 0.5) is 0 Å². The molecule has 1 aromatic heterocycles. The second kappa shape index (κ2) is 7.38. The third-order valence-corrected chi connectivity index (χ3v) is 4.73. The van der Waals surface area contributed by atoms with Crippen molar-refractivity contribution in [1.29, 1.82) is 5.41 Å². The number of nitrogens with zero attached hydrogens (tertiary/aromatic N) is 2. The van der Waals surface area contributed by atoms with Crippen molar-refractivity contribution in [3.63, 3.8) is 0 Å². The molecule has 0 atom stereocenters. The number of H-pyrrole nitrogens is 1. The van der Waals surface area contributed by atoms with Gasteiger partial charge in [-0.25, -0.2) is 4.98 Å². The Labute approximate surface area is 151 Å². The molecule has 0 saturated carbocycles. The molecule has 1 aliphatic heterocycles. The lowest BCUT2D eigenvalue weighted by molar-refractivity contribution is 0.0707. The van der Waals surface area contributed by atoms with E-state index in [4.69, 9.17) is 11.1 Å². The molecule has 5 N–H and O–H groups in total. The minimum Gasteiger partial charge on any atom is -0.370 e. The molecule has 0 aliphatic carbocycles. The number of imidazole rings is 1. The van der Waals surface area contributed by atoms with E-state index in [0.29, 0.717) is 30.3 Å². The molecular weight excluding hydrogens is 332 g/mol. The van der Waals surface area contributed by atoms with Crippen molar-refractivity contribution in [2.45, 2.75) is 25.7 Å². The highest BCUT2D eigenvalue weighted by Crippen LogP contribution is 2.31. The average Bonchev–Trinajstić information content (AvgIpc) is 3.15. The molecule has 26 heavy (non-hydrogen) atoms. The van der Waals surface area contributed by atoms with E-state index in [1.165, 1.54) is 11.9 Å². The van der Waals surface area contributed by atoms with Gasteiger partial charge in [0.05, 0.1) is 12.5 Å². The van der Waals surface area contributed by atoms with Crippen molar-refractivity contribution in [2.75, 3.05) is 13.1 Å². The van der Waals surface area contributed by atoms with Gasteiger partial charge in [-0.05, 0) is 48.9 Å². The first-order valence-corrected chi connectivity index (χ1v) is 8.49. The maximum absolute atomic E-state index is 12.4. The Kier molecular flexibility index (Phi) is 5.01. The Morgan fingerprint density at radius 3 is 2.65 bits per heavy atom. The summed E-state index contributed by atoms with van der Waals surface area (Å²) in [6.45, 7) is 3.35. The first kappa shape index (κ1) is 17.7. The number of hydrogen-bond acceptors (Lipinski definition) is 4. The van der Waals surface area contributed by atoms with Crippen molar-refractivity contribution < 1.29 is 9.59 Å². The molecule has 0 bridgehead atoms. The summed E-state index contributed by atoms with van der Waals surface area (Å²) in [4.78, 5) is 32.9. The number of carbonyl (C=O) groups is 2. The van der Waals surface area contributed by atoms with Crippen LogP contribution in [0.1, 0.15) is 50.7 Å². The molecule has 2 heterocycles. The Bertz CT molecular complexity index is 822. The van der Waals surface area contributed by atoms with E-state index in [0.717, 1.165) is 18.4 Å². The topological polar surface area (TPSA) is 128 Å². The lowest BCUT2D eigenvalue weighted by Gasteiger charge is -2.32. The van der Waals surface area contributed by atoms with Crippen LogP contribution in [-0.2, 0) is 0 Å². The van der Waals surface area contributed by atoms with Gasteiger partial charge >= 0.3 is 0 Å². The maximum atomic E-state index is 12.4. The Balaban J connectivity index is 1.65. The molecule has 0 radical (unpaired) electrons. The van der Waals surface area contributed by atoms with Crippen LogP contribution in [-0.4, -0.2) is 45.7 Å². The first-order valence-electron chi connectivity index (χ1n) is 8.49. The fraction of sp³-hybridized carbons (Fsp3) is 0.333. The van der Waals surface area contributed by atoms with Crippen LogP contribution in [0.3, 0.4) is 0 Å². The van der Waals surface area contributed by atoms with Gasteiger partial charge in [-0.2, -0.15) is 0 Å². The van der Waals surface area contributed by atoms with Gasteiger partial charge in [0, 0.05) is 18.7 Å². The van der Waals surface area contributed by atoms with Crippen molar-refractivity contribution in [1.82, 2.24) is 20.2 Å². The molecule has 1 aliphatic rings. The van der Waals surface area contributed by atoms with Crippen LogP contribution < -0.4 is 11.1 Å². The van der Waals surface area contributed by atoms with Gasteiger partial charge in [-0.15, -0.1) is 0 Å². The number of rotatable bonds is 3. The van der Waals surface area contributed by atoms with Gasteiger partial charge in [0.2, 0.25) is 0 Å². The molecule has 2 aromatic rings. The van der Waals surface area contributed by atoms with Crippen LogP contribution in [0, 0.1) is 12.3 Å². The molecule has 1 aromatic carbocycles. The summed E-state index contributed by atoms with van der Waals surface area (Å²) in [6.07, 6.45) is 4.80. The van der Waals surface area contributed by atoms with Crippen LogP contribution in [0.5, 0.6) is 0 Å². The zero-order valence-electron chi connectivity index (χ0n) is 14.6. The molecule has 2 amide bonds. The molecule has 8 heteroatoms. The summed E-state index contributed by atoms with van der Waals surface area (Å²) in [7, 11) is 0. The van der Waals surface area contributed by atoms with E-state index in [-0.39, 0.29) is 17.8 Å². The summed E-state index contributed by atoms with van der Waals surface area (Å²) in [5.74, 6) is -0.419. The summed E-state index contributed by atoms with van der Waals surface area (Å²) in [6, 6.07) is 5.53. The summed E-state index contributed by atoms with van der Waals surface area (Å²) in [5, 5.41) is 9.43. The third kappa shape index (κ3) is 3.74. The normalized spacial score (nSPS) is 14.9. The van der Waals surface area contributed by atoms with E-state index >= 15 is 0 Å². The van der Waals surface area contributed by atoms with Crippen LogP contribution in [0.25, 0.3) is 0 Å². The number of guanidine groups is 1. The van der Waals surface area contributed by atoms with Crippen molar-refractivity contribution in [3.05, 3.63) is 53.1 Å². The Morgan fingerprint density at radius 2 is 2.08 bits per heavy atom. The predicted molar refractivity (Wildman–Crippen MR) is 97.0 cm³/mol. The second-order valence-electron chi connectivity index (χ2n) is 6.47. The van der Waals surface area contributed by atoms with Gasteiger partial charge < -0.3 is 15.6 Å². The number of aromatic nitrogens is 2. The fourth-order valence-corrected chi connectivity index (χ4v) is 3.41. The SMILES string of the molecule is Cc1cc(C(=O)NC(=N)N)ccc1C1CCN(C(=O)c2cnc[nH]2)CC1. The molecular formula is C18H22N6O2. The smallest absolute Gasteiger partial charge is 0.271 e. The molecule has 136 valence electrons. The van der Waals surface area contributed by atoms with E-state index in [2.05, 4.69) is 15.3 Å². The number of nitrogens with one attached hydrogen (secondary N) is 3. The standard InChI is InChI=1S/C18H22N6O2/c1-11-8-13(16(25)23-18(19)20)2-3-14(11)12-4-6-24(7-5-12)17(26)15-9-21-10-22-15/h2-3,8-10,12H,4-7H2,1H3,(H,21,22)(H4,19,20,23,25). The van der Waals surface area contributed by atoms with Crippen LogP contribution in [0.2, 0.25) is 0 Å². The monoisotopic (exact) mass is 354 g/mol. The van der Waals surface area contributed by atoms with Gasteiger partial charge in [0.25, 0.3) is 11.8 Å². The van der Waals surface area contributed by atoms with E-state index < -0.39 is 0 Å². The highest BCUT2D eigenvalue weighted by atomic mass is 16.2. The summed E-state index contributed by atoms with van der Waals surface area (Å²) in [5.41, 5.74) is 8.42. The lowest BCUT2D eigenvalue weighted by atomic mass is 9.86. The minimum absolute atomic E-state index is 0.0195. The molecule has 1 fully saturated rings. The number of piperidine rings is 1. The van der Waals surface area contributed by atoms with E-state index in [9.17, 15) is 9.59 Å². The zero-order chi connectivity index (χ0) is 18.7. The molecule has 0 spiro atoms. The Morgan fingerprint density at radius 1 is 1.35 bits per heavy atom. The largest absolute Gasteiger partial charge is 0.370 e. The fourth-order valence-electron chi connectivity index (χ4n) is 3.41. The second-order valence-corrected chi connectivity index (χ2v) is 6.47. The van der Waals surface area contributed by atoms with Crippen LogP contribution in [0.15, 0.2) is 30.7 Å². The average molecular weight is 354 g/mol. The van der Waals surface area contributed by atoms with Gasteiger partial charge in [-0.3, -0.25) is 20.3 Å². The highest BCUT2D eigenvalue weighted by molar-refractivity contribution is 6.04. The van der Waals surface area contributed by atoms with Gasteiger partial charge in [0.15, 0.2) is 5.96 Å². The number of aromatic amines is 1. The van der Waals surface area contributed by atoms with Gasteiger partial charge in [-0.1, -0.05) is 6.07 Å². The Hall–Kier alpha value is -3.16. The number of likely N-dealkylation sites (tertiary alicyclic amines) is 1. The van der Waals surface area contributed by atoms with Crippen LogP contribution >= 0.6 is 0 Å². The predicted octanol–water partition coefficient (Wildman–Crippen LogP) is 1.36. The maximum Gasteiger partial charge on any atom is 0.271 e. The molecule has 8 nitrogen and oxygen atoms in total. The van der Waals surface area contributed by atoms with E-state index in [1.807, 2.05) is 24.0 Å². The molecule has 1 saturated heterocycles. The van der Waals surface area contributed by atoms with E-state index in [1.54, 1.807) is 12.3 Å². The summed E-state index contributed by atoms with van der Waals surface area (Å²) < 4.78 is 0. The number of nitrogens with two attached hydrogens (primary N) is 1. The quantitative estimate of drug-likeness (QED) is 0.490. The molecule has 3 rings (SSSR count). The minimum atomic E-state index is -0.382. The first-order chi connectivity index (χ1) is 12.5. The van der Waals surface area contributed by atoms with Gasteiger partial charge in [0.1, 0.15) is 5.69 Å². The van der Waals surface area contributed by atoms with Crippen molar-refractivity contribution in [3.8, 4) is 0 Å². The van der Waals surface area contributed by atoms with Crippen molar-refractivity contribution in [2.24, 2.45) is 5.73 Å². The lowest BCUT2D eigenvalue weighted by Crippen LogP contribution is -2.38. The molecule has 0 unspecified atom stereocenters. The number of benzene rings is 1. The van der Waals surface area contributed by atoms with Crippen molar-refractivity contribution >= 4 is 17.8 Å². The number of carbonyl (C=O) groups excluding carboxylic acids is 2.